The van der Waals surface area contributed by atoms with Gasteiger partial charge in [-0.2, -0.15) is 0 Å². The lowest BCUT2D eigenvalue weighted by Gasteiger charge is -2.06. The highest BCUT2D eigenvalue weighted by molar-refractivity contribution is 6.42. The molecule has 1 aliphatic carbocycles. The third-order valence-corrected chi connectivity index (χ3v) is 4.93. The number of amides is 1. The first-order valence-corrected chi connectivity index (χ1v) is 8.37. The molecule has 2 aromatic rings. The van der Waals surface area contributed by atoms with E-state index in [1.165, 1.54) is 0 Å². The van der Waals surface area contributed by atoms with Crippen LogP contribution in [0.2, 0.25) is 10.0 Å². The number of nitrogen functional groups attached to an aromatic ring is 1. The van der Waals surface area contributed by atoms with Crippen molar-refractivity contribution in [3.8, 4) is 0 Å². The molecule has 0 aromatic heterocycles. The molecular formula is C18H19Cl3N2O. The Labute approximate surface area is 157 Å². The van der Waals surface area contributed by atoms with Crippen LogP contribution in [-0.2, 0) is 11.2 Å². The molecule has 24 heavy (non-hydrogen) atoms. The average Bonchev–Trinajstić information content (AvgIpc) is 3.32. The molecule has 2 unspecified atom stereocenters. The third kappa shape index (κ3) is 4.56. The molecule has 128 valence electrons. The molecule has 0 spiro atoms. The van der Waals surface area contributed by atoms with Gasteiger partial charge in [-0.25, -0.2) is 0 Å². The summed E-state index contributed by atoms with van der Waals surface area (Å²) in [4.78, 5) is 12.2. The fourth-order valence-corrected chi connectivity index (χ4v) is 3.05. The molecule has 1 aliphatic rings. The van der Waals surface area contributed by atoms with Crippen molar-refractivity contribution in [3.63, 3.8) is 0 Å². The van der Waals surface area contributed by atoms with Crippen LogP contribution in [0.1, 0.15) is 23.5 Å². The lowest BCUT2D eigenvalue weighted by molar-refractivity contribution is -0.122. The quantitative estimate of drug-likeness (QED) is 0.747. The zero-order chi connectivity index (χ0) is 16.4. The van der Waals surface area contributed by atoms with Crippen LogP contribution in [0.4, 0.5) is 5.69 Å². The SMILES string of the molecule is Cl.Nc1ccc(CCNC(=O)C2CC2c2ccc(Cl)c(Cl)c2)cc1. The van der Waals surface area contributed by atoms with E-state index >= 15 is 0 Å². The second-order valence-electron chi connectivity index (χ2n) is 5.90. The van der Waals surface area contributed by atoms with E-state index in [4.69, 9.17) is 28.9 Å². The molecule has 0 heterocycles. The normalized spacial score (nSPS) is 18.6. The molecule has 3 nitrogen and oxygen atoms in total. The van der Waals surface area contributed by atoms with E-state index < -0.39 is 0 Å². The molecule has 2 atom stereocenters. The molecule has 0 radical (unpaired) electrons. The minimum atomic E-state index is 0. The molecule has 1 saturated carbocycles. The molecule has 2 aromatic carbocycles. The van der Waals surface area contributed by atoms with Crippen molar-refractivity contribution >= 4 is 47.2 Å². The molecule has 0 saturated heterocycles. The van der Waals surface area contributed by atoms with Gasteiger partial charge in [0.05, 0.1) is 10.0 Å². The largest absolute Gasteiger partial charge is 0.399 e. The van der Waals surface area contributed by atoms with Gasteiger partial charge in [-0.05, 0) is 54.2 Å². The maximum Gasteiger partial charge on any atom is 0.223 e. The summed E-state index contributed by atoms with van der Waals surface area (Å²) in [5, 5.41) is 4.09. The number of benzene rings is 2. The monoisotopic (exact) mass is 384 g/mol. The summed E-state index contributed by atoms with van der Waals surface area (Å²) < 4.78 is 0. The van der Waals surface area contributed by atoms with Gasteiger partial charge >= 0.3 is 0 Å². The molecule has 1 fully saturated rings. The van der Waals surface area contributed by atoms with Crippen molar-refractivity contribution in [1.82, 2.24) is 5.32 Å². The predicted octanol–water partition coefficient (Wildman–Crippen LogP) is 4.46. The number of halogens is 3. The summed E-state index contributed by atoms with van der Waals surface area (Å²) >= 11 is 12.0. The predicted molar refractivity (Wildman–Crippen MR) is 102 cm³/mol. The first kappa shape index (κ1) is 18.9. The minimum Gasteiger partial charge on any atom is -0.399 e. The Hall–Kier alpha value is -1.42. The number of hydrogen-bond acceptors (Lipinski definition) is 2. The van der Waals surface area contributed by atoms with Gasteiger partial charge in [0.15, 0.2) is 0 Å². The van der Waals surface area contributed by atoms with Crippen LogP contribution in [0.15, 0.2) is 42.5 Å². The van der Waals surface area contributed by atoms with Crippen LogP contribution < -0.4 is 11.1 Å². The summed E-state index contributed by atoms with van der Waals surface area (Å²) in [6.07, 6.45) is 1.67. The van der Waals surface area contributed by atoms with E-state index in [0.717, 1.165) is 29.7 Å². The molecule has 1 amide bonds. The number of hydrogen-bond donors (Lipinski definition) is 2. The van der Waals surface area contributed by atoms with E-state index in [9.17, 15) is 4.79 Å². The van der Waals surface area contributed by atoms with E-state index in [1.54, 1.807) is 6.07 Å². The van der Waals surface area contributed by atoms with Gasteiger partial charge in [0, 0.05) is 18.2 Å². The topological polar surface area (TPSA) is 55.1 Å². The van der Waals surface area contributed by atoms with E-state index in [2.05, 4.69) is 5.32 Å². The number of nitrogens with one attached hydrogen (secondary N) is 1. The second-order valence-corrected chi connectivity index (χ2v) is 6.72. The number of nitrogens with two attached hydrogens (primary N) is 1. The lowest BCUT2D eigenvalue weighted by atomic mass is 10.1. The van der Waals surface area contributed by atoms with Crippen molar-refractivity contribution in [2.24, 2.45) is 5.92 Å². The van der Waals surface area contributed by atoms with E-state index in [0.29, 0.717) is 16.6 Å². The van der Waals surface area contributed by atoms with Gasteiger partial charge in [0.1, 0.15) is 0 Å². The Balaban J connectivity index is 0.00000208. The fraction of sp³-hybridized carbons (Fsp3) is 0.278. The molecule has 3 N–H and O–H groups in total. The average molecular weight is 386 g/mol. The van der Waals surface area contributed by atoms with Crippen molar-refractivity contribution < 1.29 is 4.79 Å². The second kappa shape index (κ2) is 8.11. The van der Waals surface area contributed by atoms with Crippen LogP contribution >= 0.6 is 35.6 Å². The van der Waals surface area contributed by atoms with Crippen molar-refractivity contribution in [3.05, 3.63) is 63.6 Å². The van der Waals surface area contributed by atoms with Gasteiger partial charge in [-0.15, -0.1) is 12.4 Å². The standard InChI is InChI=1S/C18H18Cl2N2O.ClH/c19-16-6-3-12(9-17(16)20)14-10-15(14)18(23)22-8-7-11-1-4-13(21)5-2-11;/h1-6,9,14-15H,7-8,10,21H2,(H,22,23);1H. The van der Waals surface area contributed by atoms with E-state index in [1.807, 2.05) is 36.4 Å². The molecule has 3 rings (SSSR count). The zero-order valence-electron chi connectivity index (χ0n) is 13.0. The van der Waals surface area contributed by atoms with Gasteiger partial charge < -0.3 is 11.1 Å². The summed E-state index contributed by atoms with van der Waals surface area (Å²) in [5.41, 5.74) is 8.65. The Morgan fingerprint density at radius 1 is 1.12 bits per heavy atom. The molecule has 0 aliphatic heterocycles. The molecule has 0 bridgehead atoms. The minimum absolute atomic E-state index is 0. The number of carbonyl (C=O) groups excluding carboxylic acids is 1. The summed E-state index contributed by atoms with van der Waals surface area (Å²) in [7, 11) is 0. The summed E-state index contributed by atoms with van der Waals surface area (Å²) in [6.45, 7) is 0.632. The van der Waals surface area contributed by atoms with Crippen LogP contribution in [0.3, 0.4) is 0 Å². The lowest BCUT2D eigenvalue weighted by Crippen LogP contribution is -2.27. The number of carbonyl (C=O) groups is 1. The molecular weight excluding hydrogens is 367 g/mol. The maximum atomic E-state index is 12.2. The fourth-order valence-electron chi connectivity index (χ4n) is 2.74. The van der Waals surface area contributed by atoms with Crippen molar-refractivity contribution in [1.29, 1.82) is 0 Å². The van der Waals surface area contributed by atoms with Crippen LogP contribution in [0.5, 0.6) is 0 Å². The Morgan fingerprint density at radius 2 is 1.83 bits per heavy atom. The summed E-state index contributed by atoms with van der Waals surface area (Å²) in [6, 6.07) is 13.3. The first-order valence-electron chi connectivity index (χ1n) is 7.61. The van der Waals surface area contributed by atoms with Crippen molar-refractivity contribution in [2.45, 2.75) is 18.8 Å². The van der Waals surface area contributed by atoms with Crippen LogP contribution in [-0.4, -0.2) is 12.5 Å². The summed E-state index contributed by atoms with van der Waals surface area (Å²) in [5.74, 6) is 0.400. The smallest absolute Gasteiger partial charge is 0.223 e. The number of anilines is 1. The highest BCUT2D eigenvalue weighted by Crippen LogP contribution is 2.48. The zero-order valence-corrected chi connectivity index (χ0v) is 15.3. The maximum absolute atomic E-state index is 12.2. The first-order chi connectivity index (χ1) is 11.0. The van der Waals surface area contributed by atoms with Gasteiger partial charge in [-0.3, -0.25) is 4.79 Å². The van der Waals surface area contributed by atoms with Gasteiger partial charge in [0.25, 0.3) is 0 Å². The highest BCUT2D eigenvalue weighted by Gasteiger charge is 2.43. The Bertz CT molecular complexity index is 719. The molecule has 6 heteroatoms. The highest BCUT2D eigenvalue weighted by atomic mass is 35.5. The Kier molecular flexibility index (Phi) is 6.39. The third-order valence-electron chi connectivity index (χ3n) is 4.19. The van der Waals surface area contributed by atoms with Gasteiger partial charge in [-0.1, -0.05) is 41.4 Å². The van der Waals surface area contributed by atoms with Crippen LogP contribution in [0, 0.1) is 5.92 Å². The van der Waals surface area contributed by atoms with Gasteiger partial charge in [0.2, 0.25) is 5.91 Å². The Morgan fingerprint density at radius 3 is 2.50 bits per heavy atom. The van der Waals surface area contributed by atoms with E-state index in [-0.39, 0.29) is 30.2 Å². The number of rotatable bonds is 5. The van der Waals surface area contributed by atoms with Crippen molar-refractivity contribution in [2.75, 3.05) is 12.3 Å². The van der Waals surface area contributed by atoms with Crippen LogP contribution in [0.25, 0.3) is 0 Å².